The number of anilines is 1. The minimum Gasteiger partial charge on any atom is -0.360 e. The number of aryl methyl sites for hydroxylation is 3. The Balaban J connectivity index is 1.81. The number of nitrogens with one attached hydrogen (secondary N) is 1. The molecular formula is C16H17N5O2. The third-order valence-electron chi connectivity index (χ3n) is 3.24. The highest BCUT2D eigenvalue weighted by Crippen LogP contribution is 2.18. The predicted octanol–water partition coefficient (Wildman–Crippen LogP) is 2.50. The fraction of sp³-hybridized carbons (Fsp3) is 0.250. The molecule has 0 radical (unpaired) electrons. The molecule has 0 unspecified atom stereocenters. The van der Waals surface area contributed by atoms with Gasteiger partial charge in [0.15, 0.2) is 11.6 Å². The maximum Gasteiger partial charge on any atom is 0.247 e. The third kappa shape index (κ3) is 3.45. The molecule has 7 heteroatoms. The van der Waals surface area contributed by atoms with Crippen molar-refractivity contribution in [1.29, 1.82) is 0 Å². The molecule has 0 aliphatic carbocycles. The van der Waals surface area contributed by atoms with Gasteiger partial charge in [-0.2, -0.15) is 5.10 Å². The molecule has 0 saturated carbocycles. The first-order chi connectivity index (χ1) is 11.0. The lowest BCUT2D eigenvalue weighted by atomic mass is 10.1. The summed E-state index contributed by atoms with van der Waals surface area (Å²) < 4.78 is 6.52. The average molecular weight is 311 g/mol. The van der Waals surface area contributed by atoms with Gasteiger partial charge in [0.2, 0.25) is 5.91 Å². The van der Waals surface area contributed by atoms with Gasteiger partial charge in [-0.25, -0.2) is 9.67 Å². The maximum absolute atomic E-state index is 12.2. The fourth-order valence-corrected chi connectivity index (χ4v) is 2.31. The number of carbonyl (C=O) groups is 1. The van der Waals surface area contributed by atoms with E-state index in [9.17, 15) is 4.79 Å². The quantitative estimate of drug-likeness (QED) is 0.800. The van der Waals surface area contributed by atoms with Crippen LogP contribution in [0.25, 0.3) is 11.4 Å². The molecule has 0 fully saturated rings. The number of amides is 1. The zero-order valence-electron chi connectivity index (χ0n) is 13.2. The van der Waals surface area contributed by atoms with E-state index in [2.05, 4.69) is 20.6 Å². The van der Waals surface area contributed by atoms with Crippen LogP contribution in [-0.4, -0.2) is 25.8 Å². The van der Waals surface area contributed by atoms with Gasteiger partial charge in [-0.3, -0.25) is 4.79 Å². The Kier molecular flexibility index (Phi) is 3.92. The van der Waals surface area contributed by atoms with E-state index >= 15 is 0 Å². The maximum atomic E-state index is 12.2. The number of hydrogen-bond donors (Lipinski definition) is 1. The molecule has 3 rings (SSSR count). The van der Waals surface area contributed by atoms with Crippen LogP contribution in [0.15, 0.2) is 34.9 Å². The van der Waals surface area contributed by atoms with Crippen LogP contribution in [0, 0.1) is 20.8 Å². The molecular weight excluding hydrogens is 294 g/mol. The molecule has 0 aliphatic heterocycles. The Hall–Kier alpha value is -2.96. The zero-order valence-corrected chi connectivity index (χ0v) is 13.2. The van der Waals surface area contributed by atoms with E-state index < -0.39 is 0 Å². The number of benzene rings is 1. The number of nitrogens with zero attached hydrogens (tertiary/aromatic N) is 4. The van der Waals surface area contributed by atoms with Gasteiger partial charge in [0.25, 0.3) is 0 Å². The first kappa shape index (κ1) is 15.0. The summed E-state index contributed by atoms with van der Waals surface area (Å²) in [5, 5.41) is 10.7. The van der Waals surface area contributed by atoms with Crippen LogP contribution in [0.3, 0.4) is 0 Å². The second kappa shape index (κ2) is 6.04. The summed E-state index contributed by atoms with van der Waals surface area (Å²) in [6, 6.07) is 9.59. The van der Waals surface area contributed by atoms with Crippen molar-refractivity contribution >= 4 is 11.7 Å². The van der Waals surface area contributed by atoms with Gasteiger partial charge in [-0.15, -0.1) is 0 Å². The van der Waals surface area contributed by atoms with Crippen molar-refractivity contribution < 1.29 is 9.32 Å². The highest BCUT2D eigenvalue weighted by Gasteiger charge is 2.14. The Morgan fingerprint density at radius 1 is 1.26 bits per heavy atom. The summed E-state index contributed by atoms with van der Waals surface area (Å²) in [4.78, 5) is 16.6. The highest BCUT2D eigenvalue weighted by molar-refractivity contribution is 5.89. The van der Waals surface area contributed by atoms with Crippen molar-refractivity contribution in [3.63, 3.8) is 0 Å². The minimum absolute atomic E-state index is 0.0516. The lowest BCUT2D eigenvalue weighted by Crippen LogP contribution is -2.20. The third-order valence-corrected chi connectivity index (χ3v) is 3.24. The monoisotopic (exact) mass is 311 g/mol. The van der Waals surface area contributed by atoms with Crippen molar-refractivity contribution in [2.45, 2.75) is 27.3 Å². The van der Waals surface area contributed by atoms with Crippen LogP contribution in [0.2, 0.25) is 0 Å². The van der Waals surface area contributed by atoms with Crippen LogP contribution in [0.5, 0.6) is 0 Å². The molecule has 0 aliphatic rings. The molecule has 1 aromatic carbocycles. The van der Waals surface area contributed by atoms with Crippen LogP contribution in [0.1, 0.15) is 17.1 Å². The van der Waals surface area contributed by atoms with Gasteiger partial charge < -0.3 is 9.84 Å². The Morgan fingerprint density at radius 2 is 2.09 bits per heavy atom. The number of carbonyl (C=O) groups excluding carboxylic acids is 1. The van der Waals surface area contributed by atoms with Gasteiger partial charge >= 0.3 is 0 Å². The first-order valence-electron chi connectivity index (χ1n) is 7.23. The summed E-state index contributed by atoms with van der Waals surface area (Å²) in [6.45, 7) is 5.63. The van der Waals surface area contributed by atoms with E-state index in [1.165, 1.54) is 0 Å². The SMILES string of the molecule is Cc1cccc(-c2nc(C)nn2CC(=O)Nc2cc(C)on2)c1. The second-order valence-corrected chi connectivity index (χ2v) is 5.38. The van der Waals surface area contributed by atoms with Crippen molar-refractivity contribution in [1.82, 2.24) is 19.9 Å². The lowest BCUT2D eigenvalue weighted by Gasteiger charge is -2.06. The van der Waals surface area contributed by atoms with Gasteiger partial charge in [0.05, 0.1) is 0 Å². The minimum atomic E-state index is -0.239. The van der Waals surface area contributed by atoms with E-state index in [4.69, 9.17) is 4.52 Å². The van der Waals surface area contributed by atoms with Crippen molar-refractivity contribution in [3.05, 3.63) is 47.5 Å². The van der Waals surface area contributed by atoms with Crippen LogP contribution >= 0.6 is 0 Å². The summed E-state index contributed by atoms with van der Waals surface area (Å²) in [7, 11) is 0. The molecule has 0 atom stereocenters. The number of hydrogen-bond acceptors (Lipinski definition) is 5. The van der Waals surface area contributed by atoms with E-state index in [1.807, 2.05) is 31.2 Å². The number of aromatic nitrogens is 4. The van der Waals surface area contributed by atoms with E-state index in [0.29, 0.717) is 23.2 Å². The average Bonchev–Trinajstić information content (AvgIpc) is 3.05. The van der Waals surface area contributed by atoms with Gasteiger partial charge in [0, 0.05) is 11.6 Å². The topological polar surface area (TPSA) is 85.8 Å². The lowest BCUT2D eigenvalue weighted by molar-refractivity contribution is -0.116. The normalized spacial score (nSPS) is 10.7. The van der Waals surface area contributed by atoms with Crippen LogP contribution < -0.4 is 5.32 Å². The molecule has 2 heterocycles. The predicted molar refractivity (Wildman–Crippen MR) is 84.8 cm³/mol. The van der Waals surface area contributed by atoms with Gasteiger partial charge in [-0.05, 0) is 26.8 Å². The van der Waals surface area contributed by atoms with E-state index in [0.717, 1.165) is 11.1 Å². The zero-order chi connectivity index (χ0) is 16.4. The Labute approximate surface area is 133 Å². The molecule has 0 saturated heterocycles. The molecule has 0 bridgehead atoms. The van der Waals surface area contributed by atoms with Crippen molar-refractivity contribution in [3.8, 4) is 11.4 Å². The van der Waals surface area contributed by atoms with Crippen LogP contribution in [0.4, 0.5) is 5.82 Å². The Morgan fingerprint density at radius 3 is 2.78 bits per heavy atom. The smallest absolute Gasteiger partial charge is 0.247 e. The standard InChI is InChI=1S/C16H17N5O2/c1-10-5-4-6-13(7-10)16-17-12(3)19-21(16)9-15(22)18-14-8-11(2)23-20-14/h4-8H,9H2,1-3H3,(H,18,20,22). The molecule has 3 aromatic rings. The molecule has 2 aromatic heterocycles. The molecule has 118 valence electrons. The van der Waals surface area contributed by atoms with Crippen molar-refractivity contribution in [2.24, 2.45) is 0 Å². The summed E-state index contributed by atoms with van der Waals surface area (Å²) in [5.74, 6) is 2.07. The second-order valence-electron chi connectivity index (χ2n) is 5.38. The summed E-state index contributed by atoms with van der Waals surface area (Å²) >= 11 is 0. The molecule has 0 spiro atoms. The molecule has 7 nitrogen and oxygen atoms in total. The van der Waals surface area contributed by atoms with Crippen molar-refractivity contribution in [2.75, 3.05) is 5.32 Å². The summed E-state index contributed by atoms with van der Waals surface area (Å²) in [5.41, 5.74) is 2.05. The number of rotatable bonds is 4. The molecule has 1 N–H and O–H groups in total. The molecule has 23 heavy (non-hydrogen) atoms. The van der Waals surface area contributed by atoms with E-state index in [-0.39, 0.29) is 12.5 Å². The van der Waals surface area contributed by atoms with Crippen LogP contribution in [-0.2, 0) is 11.3 Å². The highest BCUT2D eigenvalue weighted by atomic mass is 16.5. The fourth-order valence-electron chi connectivity index (χ4n) is 2.31. The first-order valence-corrected chi connectivity index (χ1v) is 7.23. The van der Waals surface area contributed by atoms with E-state index in [1.54, 1.807) is 24.6 Å². The molecule has 1 amide bonds. The Bertz CT molecular complexity index is 850. The largest absolute Gasteiger partial charge is 0.360 e. The van der Waals surface area contributed by atoms with Gasteiger partial charge in [-0.1, -0.05) is 28.9 Å². The van der Waals surface area contributed by atoms with Gasteiger partial charge in [0.1, 0.15) is 18.1 Å². The summed E-state index contributed by atoms with van der Waals surface area (Å²) in [6.07, 6.45) is 0.